The van der Waals surface area contributed by atoms with Gasteiger partial charge >= 0.3 is 0 Å². The molecule has 2 heteroatoms. The Kier molecular flexibility index (Phi) is 6.93. The summed E-state index contributed by atoms with van der Waals surface area (Å²) in [5.74, 6) is -1.04. The summed E-state index contributed by atoms with van der Waals surface area (Å²) in [6.07, 6.45) is 1.59. The van der Waals surface area contributed by atoms with Crippen LogP contribution in [0.3, 0.4) is 0 Å². The first-order valence-corrected chi connectivity index (χ1v) is 5.58. The van der Waals surface area contributed by atoms with Crippen LogP contribution in [0, 0.1) is 17.6 Å². The van der Waals surface area contributed by atoms with E-state index in [0.717, 1.165) is 12.5 Å². The van der Waals surface area contributed by atoms with Gasteiger partial charge in [-0.2, -0.15) is 0 Å². The van der Waals surface area contributed by atoms with Crippen molar-refractivity contribution in [2.45, 2.75) is 40.5 Å². The number of rotatable bonds is 3. The Morgan fingerprint density at radius 2 is 1.80 bits per heavy atom. The minimum absolute atomic E-state index is 0.399. The molecule has 0 spiro atoms. The van der Waals surface area contributed by atoms with Gasteiger partial charge in [-0.3, -0.25) is 0 Å². The van der Waals surface area contributed by atoms with Crippen molar-refractivity contribution in [3.63, 3.8) is 0 Å². The van der Waals surface area contributed by atoms with Crippen molar-refractivity contribution < 1.29 is 8.78 Å². The summed E-state index contributed by atoms with van der Waals surface area (Å²) in [6.45, 7) is 8.08. The zero-order chi connectivity index (χ0) is 11.8. The van der Waals surface area contributed by atoms with E-state index < -0.39 is 11.6 Å². The topological polar surface area (TPSA) is 0 Å². The third kappa shape index (κ3) is 4.41. The smallest absolute Gasteiger partial charge is 0.162 e. The fraction of sp³-hybridized carbons (Fsp3) is 0.538. The Bertz CT molecular complexity index is 282. The van der Waals surface area contributed by atoms with E-state index in [4.69, 9.17) is 0 Å². The average Bonchev–Trinajstić information content (AvgIpc) is 2.27. The fourth-order valence-electron chi connectivity index (χ4n) is 1.23. The first-order valence-electron chi connectivity index (χ1n) is 5.58. The van der Waals surface area contributed by atoms with Gasteiger partial charge in [-0.1, -0.05) is 46.2 Å². The zero-order valence-electron chi connectivity index (χ0n) is 9.98. The highest BCUT2D eigenvalue weighted by Gasteiger charge is 2.09. The van der Waals surface area contributed by atoms with Crippen molar-refractivity contribution in [1.82, 2.24) is 0 Å². The lowest BCUT2D eigenvalue weighted by Gasteiger charge is -2.08. The van der Waals surface area contributed by atoms with Crippen LogP contribution in [0.4, 0.5) is 8.78 Å². The van der Waals surface area contributed by atoms with E-state index in [2.05, 4.69) is 0 Å². The van der Waals surface area contributed by atoms with Crippen LogP contribution in [0.25, 0.3) is 0 Å². The molecule has 0 aliphatic heterocycles. The van der Waals surface area contributed by atoms with E-state index in [-0.39, 0.29) is 0 Å². The molecule has 0 radical (unpaired) electrons. The lowest BCUT2D eigenvalue weighted by atomic mass is 9.98. The third-order valence-corrected chi connectivity index (χ3v) is 2.30. The molecule has 1 aromatic carbocycles. The lowest BCUT2D eigenvalue weighted by molar-refractivity contribution is 0.480. The van der Waals surface area contributed by atoms with Gasteiger partial charge in [-0.15, -0.1) is 0 Å². The third-order valence-electron chi connectivity index (χ3n) is 2.30. The van der Waals surface area contributed by atoms with Gasteiger partial charge in [0, 0.05) is 0 Å². The van der Waals surface area contributed by atoms with Gasteiger partial charge in [-0.05, 0) is 24.0 Å². The SMILES string of the molecule is CC.CCC(C)Cc1cccc(F)c1F. The lowest BCUT2D eigenvalue weighted by Crippen LogP contribution is -2.01. The maximum absolute atomic E-state index is 13.1. The molecule has 1 unspecified atom stereocenters. The van der Waals surface area contributed by atoms with Crippen molar-refractivity contribution >= 4 is 0 Å². The zero-order valence-corrected chi connectivity index (χ0v) is 9.98. The summed E-state index contributed by atoms with van der Waals surface area (Å²) in [5, 5.41) is 0. The standard InChI is InChI=1S/C11H14F2.C2H6/c1-3-8(2)7-9-5-4-6-10(12)11(9)13;1-2/h4-6,8H,3,7H2,1-2H3;1-2H3. The molecule has 1 aromatic rings. The molecule has 15 heavy (non-hydrogen) atoms. The molecule has 1 rings (SSSR count). The van der Waals surface area contributed by atoms with Crippen LogP contribution in [0.1, 0.15) is 39.7 Å². The Balaban J connectivity index is 0.000000921. The first kappa shape index (κ1) is 14.1. The van der Waals surface area contributed by atoms with E-state index in [1.165, 1.54) is 0 Å². The van der Waals surface area contributed by atoms with E-state index in [0.29, 0.717) is 17.9 Å². The second-order valence-corrected chi connectivity index (χ2v) is 3.43. The Morgan fingerprint density at radius 3 is 2.33 bits per heavy atom. The molecule has 86 valence electrons. The predicted molar refractivity (Wildman–Crippen MR) is 60.9 cm³/mol. The fourth-order valence-corrected chi connectivity index (χ4v) is 1.23. The molecule has 0 N–H and O–H groups in total. The van der Waals surface area contributed by atoms with Crippen LogP contribution in [0.5, 0.6) is 0 Å². The summed E-state index contributed by atoms with van der Waals surface area (Å²) in [4.78, 5) is 0. The molecule has 0 aliphatic carbocycles. The van der Waals surface area contributed by atoms with Gasteiger partial charge in [-0.25, -0.2) is 8.78 Å². The van der Waals surface area contributed by atoms with Crippen molar-refractivity contribution in [3.8, 4) is 0 Å². The maximum Gasteiger partial charge on any atom is 0.162 e. The summed E-state index contributed by atoms with van der Waals surface area (Å²) in [5.41, 5.74) is 0.481. The highest BCUT2D eigenvalue weighted by Crippen LogP contribution is 2.16. The van der Waals surface area contributed by atoms with Gasteiger partial charge in [0.15, 0.2) is 11.6 Å². The molecule has 1 atom stereocenters. The molecular formula is C13H20F2. The van der Waals surface area contributed by atoms with Crippen LogP contribution < -0.4 is 0 Å². The van der Waals surface area contributed by atoms with E-state index in [1.807, 2.05) is 27.7 Å². The molecular weight excluding hydrogens is 194 g/mol. The molecule has 0 aromatic heterocycles. The van der Waals surface area contributed by atoms with E-state index in [9.17, 15) is 8.78 Å². The maximum atomic E-state index is 13.1. The monoisotopic (exact) mass is 214 g/mol. The Hall–Kier alpha value is -0.920. The Labute approximate surface area is 91.3 Å². The quantitative estimate of drug-likeness (QED) is 0.691. The van der Waals surface area contributed by atoms with Crippen molar-refractivity contribution in [1.29, 1.82) is 0 Å². The van der Waals surface area contributed by atoms with Gasteiger partial charge in [0.05, 0.1) is 0 Å². The minimum atomic E-state index is -0.749. The van der Waals surface area contributed by atoms with Crippen LogP contribution >= 0.6 is 0 Å². The largest absolute Gasteiger partial charge is 0.204 e. The van der Waals surface area contributed by atoms with Gasteiger partial charge in [0.25, 0.3) is 0 Å². The minimum Gasteiger partial charge on any atom is -0.204 e. The van der Waals surface area contributed by atoms with Gasteiger partial charge in [0.2, 0.25) is 0 Å². The predicted octanol–water partition coefficient (Wildman–Crippen LogP) is 4.58. The summed E-state index contributed by atoms with van der Waals surface area (Å²) in [6, 6.07) is 4.34. The van der Waals surface area contributed by atoms with Crippen LogP contribution in [0.15, 0.2) is 18.2 Å². The molecule has 0 aliphatic rings. The van der Waals surface area contributed by atoms with Gasteiger partial charge in [0.1, 0.15) is 0 Å². The van der Waals surface area contributed by atoms with Crippen molar-refractivity contribution in [2.75, 3.05) is 0 Å². The van der Waals surface area contributed by atoms with Crippen molar-refractivity contribution in [3.05, 3.63) is 35.4 Å². The van der Waals surface area contributed by atoms with Crippen LogP contribution in [-0.2, 0) is 6.42 Å². The molecule has 0 fully saturated rings. The first-order chi connectivity index (χ1) is 7.15. The normalized spacial score (nSPS) is 11.6. The number of halogens is 2. The molecule has 0 amide bonds. The summed E-state index contributed by atoms with van der Waals surface area (Å²) >= 11 is 0. The summed E-state index contributed by atoms with van der Waals surface area (Å²) in [7, 11) is 0. The van der Waals surface area contributed by atoms with Crippen LogP contribution in [-0.4, -0.2) is 0 Å². The second-order valence-electron chi connectivity index (χ2n) is 3.43. The van der Waals surface area contributed by atoms with Crippen molar-refractivity contribution in [2.24, 2.45) is 5.92 Å². The Morgan fingerprint density at radius 1 is 1.20 bits per heavy atom. The highest BCUT2D eigenvalue weighted by molar-refractivity contribution is 5.19. The van der Waals surface area contributed by atoms with E-state index in [1.54, 1.807) is 12.1 Å². The van der Waals surface area contributed by atoms with Crippen LogP contribution in [0.2, 0.25) is 0 Å². The average molecular weight is 214 g/mol. The number of hydrogen-bond donors (Lipinski definition) is 0. The van der Waals surface area contributed by atoms with Gasteiger partial charge < -0.3 is 0 Å². The highest BCUT2D eigenvalue weighted by atomic mass is 19.2. The number of benzene rings is 1. The second kappa shape index (κ2) is 7.38. The molecule has 0 saturated heterocycles. The number of hydrogen-bond acceptors (Lipinski definition) is 0. The molecule has 0 nitrogen and oxygen atoms in total. The van der Waals surface area contributed by atoms with E-state index >= 15 is 0 Å². The summed E-state index contributed by atoms with van der Waals surface area (Å²) < 4.78 is 25.9. The molecule has 0 saturated carbocycles. The molecule has 0 heterocycles. The molecule has 0 bridgehead atoms.